The third kappa shape index (κ3) is 4.92. The van der Waals surface area contributed by atoms with Gasteiger partial charge in [-0.15, -0.1) is 0 Å². The summed E-state index contributed by atoms with van der Waals surface area (Å²) in [5.74, 6) is 0. The van der Waals surface area contributed by atoms with Gasteiger partial charge in [-0.3, -0.25) is 13.9 Å². The number of nitrogens with zero attached hydrogens (tertiary/aromatic N) is 2. The molecule has 0 atom stereocenters. The Morgan fingerprint density at radius 1 is 0.677 bits per heavy atom. The molecule has 4 heteroatoms. The Morgan fingerprint density at radius 2 is 1.23 bits per heavy atom. The molecule has 0 fully saturated rings. The summed E-state index contributed by atoms with van der Waals surface area (Å²) in [6.07, 6.45) is 2.22. The largest absolute Gasteiger partial charge is 0.331 e. The van der Waals surface area contributed by atoms with Crippen LogP contribution in [0.3, 0.4) is 0 Å². The van der Waals surface area contributed by atoms with Crippen LogP contribution in [0.15, 0.2) is 94.6 Å². The van der Waals surface area contributed by atoms with Crippen LogP contribution in [-0.4, -0.2) is 9.13 Å². The number of benzene rings is 3. The maximum atomic E-state index is 13.3. The highest BCUT2D eigenvalue weighted by molar-refractivity contribution is 5.32. The monoisotopic (exact) mass is 410 g/mol. The Hall–Kier alpha value is -3.66. The SMILES string of the molecule is Cc1cc(C)cc(Cc2cn(Cc3ccccc3)c(=O)n(Cc3ccccc3)c2=O)c1. The van der Waals surface area contributed by atoms with Crippen LogP contribution in [0.1, 0.15) is 33.4 Å². The molecule has 0 aliphatic rings. The van der Waals surface area contributed by atoms with E-state index < -0.39 is 0 Å². The van der Waals surface area contributed by atoms with Crippen molar-refractivity contribution in [2.45, 2.75) is 33.4 Å². The topological polar surface area (TPSA) is 44.0 Å². The third-order valence-corrected chi connectivity index (χ3v) is 5.36. The normalized spacial score (nSPS) is 10.9. The molecule has 0 N–H and O–H groups in total. The Balaban J connectivity index is 1.81. The van der Waals surface area contributed by atoms with Gasteiger partial charge in [-0.25, -0.2) is 4.79 Å². The van der Waals surface area contributed by atoms with E-state index in [1.54, 1.807) is 10.8 Å². The van der Waals surface area contributed by atoms with Gasteiger partial charge in [-0.05, 0) is 30.5 Å². The van der Waals surface area contributed by atoms with Crippen molar-refractivity contribution in [3.8, 4) is 0 Å². The first-order chi connectivity index (χ1) is 15.0. The van der Waals surface area contributed by atoms with Crippen LogP contribution in [-0.2, 0) is 19.5 Å². The van der Waals surface area contributed by atoms with E-state index in [1.165, 1.54) is 4.57 Å². The number of aromatic nitrogens is 2. The van der Waals surface area contributed by atoms with E-state index in [4.69, 9.17) is 0 Å². The number of rotatable bonds is 6. The van der Waals surface area contributed by atoms with Crippen LogP contribution in [0.5, 0.6) is 0 Å². The van der Waals surface area contributed by atoms with Crippen LogP contribution >= 0.6 is 0 Å². The summed E-state index contributed by atoms with van der Waals surface area (Å²) in [4.78, 5) is 26.6. The molecule has 31 heavy (non-hydrogen) atoms. The molecule has 0 saturated carbocycles. The van der Waals surface area contributed by atoms with Gasteiger partial charge in [0.25, 0.3) is 5.56 Å². The van der Waals surface area contributed by atoms with Crippen molar-refractivity contribution in [2.24, 2.45) is 0 Å². The fraction of sp³-hybridized carbons (Fsp3) is 0.185. The Morgan fingerprint density at radius 3 is 1.81 bits per heavy atom. The van der Waals surface area contributed by atoms with Gasteiger partial charge in [0.05, 0.1) is 13.1 Å². The minimum atomic E-state index is -0.290. The molecule has 1 heterocycles. The highest BCUT2D eigenvalue weighted by Crippen LogP contribution is 2.12. The maximum Gasteiger partial charge on any atom is 0.331 e. The smallest absolute Gasteiger partial charge is 0.296 e. The van der Waals surface area contributed by atoms with Crippen molar-refractivity contribution in [1.29, 1.82) is 0 Å². The lowest BCUT2D eigenvalue weighted by Gasteiger charge is -2.14. The van der Waals surface area contributed by atoms with E-state index in [-0.39, 0.29) is 17.8 Å². The molecular formula is C27H26N2O2. The summed E-state index contributed by atoms with van der Waals surface area (Å²) in [6.45, 7) is 4.80. The second-order valence-corrected chi connectivity index (χ2v) is 8.10. The lowest BCUT2D eigenvalue weighted by molar-refractivity contribution is 0.602. The first kappa shape index (κ1) is 20.6. The quantitative estimate of drug-likeness (QED) is 0.475. The fourth-order valence-corrected chi connectivity index (χ4v) is 4.02. The van der Waals surface area contributed by atoms with Crippen molar-refractivity contribution in [3.63, 3.8) is 0 Å². The van der Waals surface area contributed by atoms with E-state index >= 15 is 0 Å². The van der Waals surface area contributed by atoms with Crippen molar-refractivity contribution < 1.29 is 0 Å². The van der Waals surface area contributed by atoms with Crippen molar-refractivity contribution in [1.82, 2.24) is 9.13 Å². The Kier molecular flexibility index (Phi) is 5.99. The molecule has 156 valence electrons. The van der Waals surface area contributed by atoms with E-state index in [9.17, 15) is 9.59 Å². The molecule has 3 aromatic carbocycles. The highest BCUT2D eigenvalue weighted by Gasteiger charge is 2.13. The van der Waals surface area contributed by atoms with Gasteiger partial charge < -0.3 is 0 Å². The molecule has 4 rings (SSSR count). The van der Waals surface area contributed by atoms with Gasteiger partial charge >= 0.3 is 5.69 Å². The van der Waals surface area contributed by atoms with Crippen LogP contribution < -0.4 is 11.2 Å². The highest BCUT2D eigenvalue weighted by atomic mass is 16.2. The van der Waals surface area contributed by atoms with Crippen LogP contribution in [0.2, 0.25) is 0 Å². The first-order valence-electron chi connectivity index (χ1n) is 10.5. The molecule has 0 spiro atoms. The van der Waals surface area contributed by atoms with E-state index in [2.05, 4.69) is 32.0 Å². The molecule has 4 aromatic rings. The number of hydrogen-bond acceptors (Lipinski definition) is 2. The summed E-state index contributed by atoms with van der Waals surface area (Å²) in [7, 11) is 0. The first-order valence-corrected chi connectivity index (χ1v) is 10.5. The molecule has 0 saturated heterocycles. The average molecular weight is 411 g/mol. The second kappa shape index (κ2) is 9.00. The fourth-order valence-electron chi connectivity index (χ4n) is 4.02. The lowest BCUT2D eigenvalue weighted by atomic mass is 10.0. The van der Waals surface area contributed by atoms with E-state index in [1.807, 2.05) is 60.7 Å². The van der Waals surface area contributed by atoms with Crippen LogP contribution in [0, 0.1) is 13.8 Å². The predicted molar refractivity (Wildman–Crippen MR) is 125 cm³/mol. The molecule has 0 unspecified atom stereocenters. The predicted octanol–water partition coefficient (Wildman–Crippen LogP) is 4.31. The molecule has 0 radical (unpaired) electrons. The van der Waals surface area contributed by atoms with Gasteiger partial charge in [-0.2, -0.15) is 0 Å². The molecule has 0 amide bonds. The molecule has 0 aliphatic carbocycles. The minimum Gasteiger partial charge on any atom is -0.296 e. The molecule has 0 bridgehead atoms. The van der Waals surface area contributed by atoms with Gasteiger partial charge in [0.2, 0.25) is 0 Å². The maximum absolute atomic E-state index is 13.3. The Labute approximate surface area is 182 Å². The molecule has 4 nitrogen and oxygen atoms in total. The zero-order valence-electron chi connectivity index (χ0n) is 17.9. The summed E-state index contributed by atoms with van der Waals surface area (Å²) in [6, 6.07) is 25.8. The molecule has 1 aromatic heterocycles. The van der Waals surface area contributed by atoms with Gasteiger partial charge in [0.15, 0.2) is 0 Å². The van der Waals surface area contributed by atoms with E-state index in [0.717, 1.165) is 27.8 Å². The van der Waals surface area contributed by atoms with Gasteiger partial charge in [0.1, 0.15) is 0 Å². The minimum absolute atomic E-state index is 0.225. The number of hydrogen-bond donors (Lipinski definition) is 0. The van der Waals surface area contributed by atoms with Crippen molar-refractivity contribution >= 4 is 0 Å². The molecule has 0 aliphatic heterocycles. The van der Waals surface area contributed by atoms with E-state index in [0.29, 0.717) is 18.5 Å². The van der Waals surface area contributed by atoms with Crippen LogP contribution in [0.25, 0.3) is 0 Å². The van der Waals surface area contributed by atoms with Gasteiger partial charge in [0, 0.05) is 18.2 Å². The standard InChI is InChI=1S/C27H26N2O2/c1-20-13-21(2)15-24(14-20)16-25-19-28(17-22-9-5-3-6-10-22)27(31)29(26(25)30)18-23-11-7-4-8-12-23/h3-15,19H,16-18H2,1-2H3. The van der Waals surface area contributed by atoms with Crippen molar-refractivity contribution in [3.05, 3.63) is 139 Å². The summed E-state index contributed by atoms with van der Waals surface area (Å²) < 4.78 is 3.01. The third-order valence-electron chi connectivity index (χ3n) is 5.36. The second-order valence-electron chi connectivity index (χ2n) is 8.10. The molecular weight excluding hydrogens is 384 g/mol. The van der Waals surface area contributed by atoms with Crippen molar-refractivity contribution in [2.75, 3.05) is 0 Å². The van der Waals surface area contributed by atoms with Crippen LogP contribution in [0.4, 0.5) is 0 Å². The summed E-state index contributed by atoms with van der Waals surface area (Å²) >= 11 is 0. The van der Waals surface area contributed by atoms with Gasteiger partial charge in [-0.1, -0.05) is 90.0 Å². The Bertz CT molecular complexity index is 1280. The summed E-state index contributed by atoms with van der Waals surface area (Å²) in [5, 5.41) is 0. The zero-order chi connectivity index (χ0) is 21.8. The lowest BCUT2D eigenvalue weighted by Crippen LogP contribution is -2.41. The average Bonchev–Trinajstić information content (AvgIpc) is 2.75. The number of aryl methyl sites for hydroxylation is 2. The zero-order valence-corrected chi connectivity index (χ0v) is 17.9. The summed E-state index contributed by atoms with van der Waals surface area (Å²) in [5.41, 5.74) is 5.46.